The van der Waals surface area contributed by atoms with Gasteiger partial charge >= 0.3 is 0 Å². The van der Waals surface area contributed by atoms with Gasteiger partial charge < -0.3 is 4.74 Å². The van der Waals surface area contributed by atoms with Gasteiger partial charge in [-0.1, -0.05) is 91.0 Å². The van der Waals surface area contributed by atoms with Crippen molar-refractivity contribution in [3.8, 4) is 39.6 Å². The lowest BCUT2D eigenvalue weighted by molar-refractivity contribution is 0.112. The Morgan fingerprint density at radius 1 is 0.560 bits per heavy atom. The lowest BCUT2D eigenvalue weighted by Gasteiger charge is -2.23. The fourth-order valence-corrected chi connectivity index (χ4v) is 6.94. The normalized spacial score (nSPS) is 12.6. The first-order valence-electron chi connectivity index (χ1n) is 16.9. The average Bonchev–Trinajstić information content (AvgIpc) is 3.72. The summed E-state index contributed by atoms with van der Waals surface area (Å²) in [7, 11) is 0. The van der Waals surface area contributed by atoms with Crippen LogP contribution in [0.15, 0.2) is 164 Å². The lowest BCUT2D eigenvalue weighted by Crippen LogP contribution is -2.30. The van der Waals surface area contributed by atoms with Crippen LogP contribution < -0.4 is 14.9 Å². The van der Waals surface area contributed by atoms with Gasteiger partial charge in [0, 0.05) is 29.1 Å². The van der Waals surface area contributed by atoms with Crippen molar-refractivity contribution in [3.05, 3.63) is 164 Å². The van der Waals surface area contributed by atoms with Gasteiger partial charge in [-0.15, -0.1) is 4.94 Å². The van der Waals surface area contributed by atoms with Crippen LogP contribution in [0.5, 0.6) is 11.5 Å². The summed E-state index contributed by atoms with van der Waals surface area (Å²) in [5.74, 6) is 2.29. The van der Waals surface area contributed by atoms with Crippen LogP contribution in [-0.4, -0.2) is 15.6 Å². The Morgan fingerprint density at radius 2 is 1.26 bits per heavy atom. The molecule has 0 N–H and O–H groups in total. The number of para-hydroxylation sites is 3. The zero-order valence-corrected chi connectivity index (χ0v) is 27.8. The van der Waals surface area contributed by atoms with E-state index >= 15 is 0 Å². The highest BCUT2D eigenvalue weighted by atomic mass is 16.8. The second-order valence-electron chi connectivity index (χ2n) is 12.7. The van der Waals surface area contributed by atoms with Crippen LogP contribution in [0.25, 0.3) is 49.9 Å². The molecule has 0 aliphatic carbocycles. The minimum atomic E-state index is 0.174. The highest BCUT2D eigenvalue weighted by Gasteiger charge is 2.30. The first-order chi connectivity index (χ1) is 24.6. The van der Waals surface area contributed by atoms with Gasteiger partial charge in [0.25, 0.3) is 0 Å². The SMILES string of the molecule is CC(C)N1ON(c2cccc(Oc3ccc4c5ccccc5n(-c5cc(-c6ccccc6-c6ccccc6)ccn5)c4c3)c2)c2ccccc21. The molecule has 50 heavy (non-hydrogen) atoms. The zero-order valence-electron chi connectivity index (χ0n) is 27.8. The summed E-state index contributed by atoms with van der Waals surface area (Å²) in [4.78, 5) is 11.2. The molecule has 0 spiro atoms. The summed E-state index contributed by atoms with van der Waals surface area (Å²) in [6.07, 6.45) is 1.90. The molecular weight excluding hydrogens is 617 g/mol. The van der Waals surface area contributed by atoms with Crippen molar-refractivity contribution in [1.82, 2.24) is 9.55 Å². The second kappa shape index (κ2) is 12.3. The van der Waals surface area contributed by atoms with Crippen LogP contribution in [0.4, 0.5) is 17.1 Å². The largest absolute Gasteiger partial charge is 0.457 e. The number of aromatic nitrogens is 2. The molecule has 2 aromatic heterocycles. The predicted octanol–water partition coefficient (Wildman–Crippen LogP) is 11.5. The molecule has 9 rings (SSSR count). The maximum absolute atomic E-state index is 6.56. The third kappa shape index (κ3) is 5.14. The van der Waals surface area contributed by atoms with Gasteiger partial charge in [0.15, 0.2) is 0 Å². The smallest absolute Gasteiger partial charge is 0.138 e. The van der Waals surface area contributed by atoms with E-state index in [1.54, 1.807) is 0 Å². The van der Waals surface area contributed by atoms with Gasteiger partial charge in [-0.2, -0.15) is 5.06 Å². The molecule has 6 heteroatoms. The molecule has 0 bridgehead atoms. The lowest BCUT2D eigenvalue weighted by atomic mass is 9.95. The van der Waals surface area contributed by atoms with Crippen molar-refractivity contribution in [1.29, 1.82) is 0 Å². The number of fused-ring (bicyclic) bond motifs is 4. The molecule has 0 unspecified atom stereocenters. The predicted molar refractivity (Wildman–Crippen MR) is 203 cm³/mol. The van der Waals surface area contributed by atoms with E-state index in [9.17, 15) is 0 Å². The highest BCUT2D eigenvalue weighted by molar-refractivity contribution is 6.09. The van der Waals surface area contributed by atoms with E-state index in [1.165, 1.54) is 11.1 Å². The van der Waals surface area contributed by atoms with E-state index in [2.05, 4.69) is 134 Å². The van der Waals surface area contributed by atoms with E-state index in [1.807, 2.05) is 58.8 Å². The molecule has 0 radical (unpaired) electrons. The Bertz CT molecular complexity index is 2510. The quantitative estimate of drug-likeness (QED) is 0.172. The summed E-state index contributed by atoms with van der Waals surface area (Å²) >= 11 is 0. The summed E-state index contributed by atoms with van der Waals surface area (Å²) in [6.45, 7) is 4.23. The molecule has 242 valence electrons. The van der Waals surface area contributed by atoms with Crippen molar-refractivity contribution in [2.45, 2.75) is 19.9 Å². The molecule has 0 atom stereocenters. The van der Waals surface area contributed by atoms with Crippen LogP contribution in [0.2, 0.25) is 0 Å². The molecule has 6 nitrogen and oxygen atoms in total. The fourth-order valence-electron chi connectivity index (χ4n) is 6.94. The molecule has 0 amide bonds. The van der Waals surface area contributed by atoms with Crippen molar-refractivity contribution >= 4 is 38.9 Å². The number of rotatable bonds is 7. The number of pyridine rings is 1. The molecule has 0 saturated heterocycles. The van der Waals surface area contributed by atoms with Gasteiger partial charge in [0.05, 0.1) is 34.1 Å². The first kappa shape index (κ1) is 29.7. The zero-order chi connectivity index (χ0) is 33.6. The Labute approximate surface area is 290 Å². The summed E-state index contributed by atoms with van der Waals surface area (Å²) < 4.78 is 8.80. The summed E-state index contributed by atoms with van der Waals surface area (Å²) in [5, 5.41) is 6.08. The van der Waals surface area contributed by atoms with Gasteiger partial charge in [-0.3, -0.25) is 4.57 Å². The van der Waals surface area contributed by atoms with E-state index in [-0.39, 0.29) is 6.04 Å². The Morgan fingerprint density at radius 3 is 2.10 bits per heavy atom. The summed E-state index contributed by atoms with van der Waals surface area (Å²) in [5.41, 5.74) is 9.64. The molecule has 8 aromatic rings. The number of benzene rings is 6. The first-order valence-corrected chi connectivity index (χ1v) is 16.9. The average molecular weight is 651 g/mol. The minimum absolute atomic E-state index is 0.174. The molecular formula is C44H34N4O2. The van der Waals surface area contributed by atoms with Gasteiger partial charge in [-0.25, -0.2) is 10.0 Å². The third-order valence-electron chi connectivity index (χ3n) is 9.21. The van der Waals surface area contributed by atoms with Crippen molar-refractivity contribution in [2.24, 2.45) is 0 Å². The minimum Gasteiger partial charge on any atom is -0.457 e. The number of hydroxylamine groups is 1. The van der Waals surface area contributed by atoms with E-state index < -0.39 is 0 Å². The monoisotopic (exact) mass is 650 g/mol. The number of anilines is 3. The molecule has 0 saturated carbocycles. The van der Waals surface area contributed by atoms with Crippen molar-refractivity contribution in [3.63, 3.8) is 0 Å². The Balaban J connectivity index is 1.10. The van der Waals surface area contributed by atoms with Gasteiger partial charge in [0.2, 0.25) is 0 Å². The maximum atomic E-state index is 6.56. The van der Waals surface area contributed by atoms with E-state index in [4.69, 9.17) is 14.7 Å². The fraction of sp³-hybridized carbons (Fsp3) is 0.0682. The van der Waals surface area contributed by atoms with Crippen LogP contribution in [-0.2, 0) is 4.94 Å². The standard InChI is InChI=1S/C44H34N4O2/c1-30(2)47-41-21-10-11-22-42(41)48(50-47)33-15-12-16-34(28-33)49-35-23-24-39-38-19-8-9-20-40(38)46(43(39)29-35)44-27-32(25-26-45-44)37-18-7-6-17-36(37)31-13-4-3-5-14-31/h3-30H,1-2H3. The van der Waals surface area contributed by atoms with Gasteiger partial charge in [-0.05, 0) is 90.7 Å². The van der Waals surface area contributed by atoms with Crippen molar-refractivity contribution in [2.75, 3.05) is 10.1 Å². The summed E-state index contributed by atoms with van der Waals surface area (Å²) in [6, 6.07) is 54.5. The molecule has 1 aliphatic heterocycles. The molecule has 0 fully saturated rings. The van der Waals surface area contributed by atoms with Crippen LogP contribution in [0.3, 0.4) is 0 Å². The number of hydrogen-bond donors (Lipinski definition) is 0. The van der Waals surface area contributed by atoms with E-state index in [0.29, 0.717) is 5.75 Å². The van der Waals surface area contributed by atoms with Crippen LogP contribution in [0.1, 0.15) is 13.8 Å². The second-order valence-corrected chi connectivity index (χ2v) is 12.7. The van der Waals surface area contributed by atoms with Crippen LogP contribution >= 0.6 is 0 Å². The van der Waals surface area contributed by atoms with E-state index in [0.717, 1.165) is 61.6 Å². The number of ether oxygens (including phenoxy) is 1. The Hall–Kier alpha value is -6.37. The topological polar surface area (TPSA) is 42.8 Å². The van der Waals surface area contributed by atoms with Gasteiger partial charge in [0.1, 0.15) is 17.3 Å². The van der Waals surface area contributed by atoms with Crippen molar-refractivity contribution < 1.29 is 9.68 Å². The molecule has 3 heterocycles. The maximum Gasteiger partial charge on any atom is 0.138 e. The molecule has 1 aliphatic rings. The third-order valence-corrected chi connectivity index (χ3v) is 9.21. The molecule has 6 aromatic carbocycles. The highest BCUT2D eigenvalue weighted by Crippen LogP contribution is 2.43. The Kier molecular flexibility index (Phi) is 7.29. The number of hydrogen-bond acceptors (Lipinski definition) is 5. The van der Waals surface area contributed by atoms with Crippen LogP contribution in [0, 0.1) is 0 Å². The number of nitrogens with zero attached hydrogens (tertiary/aromatic N) is 4.